The second-order valence-electron chi connectivity index (χ2n) is 4.10. The molecule has 1 aromatic heterocycles. The first-order valence-corrected chi connectivity index (χ1v) is 5.87. The van der Waals surface area contributed by atoms with E-state index in [9.17, 15) is 0 Å². The highest BCUT2D eigenvalue weighted by atomic mass is 16.5. The number of anilines is 1. The van der Waals surface area contributed by atoms with Gasteiger partial charge < -0.3 is 10.2 Å². The third-order valence-electron chi connectivity index (χ3n) is 2.88. The van der Waals surface area contributed by atoms with Crippen molar-refractivity contribution in [2.75, 3.05) is 31.7 Å². The smallest absolute Gasteiger partial charge is 0.141 e. The van der Waals surface area contributed by atoms with Crippen LogP contribution in [0.3, 0.4) is 0 Å². The number of nitrogens with one attached hydrogen (secondary N) is 1. The summed E-state index contributed by atoms with van der Waals surface area (Å²) in [5.74, 6) is 0.894. The maximum absolute atomic E-state index is 5.31. The molecule has 1 fully saturated rings. The van der Waals surface area contributed by atoms with Crippen molar-refractivity contribution in [3.05, 3.63) is 36.4 Å². The van der Waals surface area contributed by atoms with Gasteiger partial charge in [-0.2, -0.15) is 0 Å². The molecule has 0 unspecified atom stereocenters. The number of pyridine rings is 1. The highest BCUT2D eigenvalue weighted by molar-refractivity contribution is 5.79. The number of aromatic nitrogens is 1. The first kappa shape index (κ1) is 10.5. The van der Waals surface area contributed by atoms with E-state index in [2.05, 4.69) is 27.6 Å². The molecular formula is C13H15N3O. The Hall–Kier alpha value is -1.65. The Bertz CT molecular complexity index is 509. The van der Waals surface area contributed by atoms with E-state index in [0.717, 1.165) is 37.6 Å². The first-order valence-electron chi connectivity index (χ1n) is 5.87. The molecule has 1 aliphatic heterocycles. The number of hydrogen-bond donors (Lipinski definition) is 1. The van der Waals surface area contributed by atoms with Crippen LogP contribution < -0.4 is 5.43 Å². The number of ether oxygens (including phenoxy) is 1. The molecule has 1 aromatic carbocycles. The Balaban J connectivity index is 1.80. The molecule has 0 bridgehead atoms. The average Bonchev–Trinajstić information content (AvgIpc) is 2.40. The fourth-order valence-electron chi connectivity index (χ4n) is 1.97. The van der Waals surface area contributed by atoms with Crippen LogP contribution in [0.25, 0.3) is 10.9 Å². The number of rotatable bonds is 2. The third kappa shape index (κ3) is 2.38. The molecule has 4 heteroatoms. The molecule has 4 nitrogen and oxygen atoms in total. The monoisotopic (exact) mass is 229 g/mol. The number of benzene rings is 1. The fourth-order valence-corrected chi connectivity index (χ4v) is 1.97. The maximum atomic E-state index is 5.31. The summed E-state index contributed by atoms with van der Waals surface area (Å²) < 4.78 is 5.31. The summed E-state index contributed by atoms with van der Waals surface area (Å²) in [6.07, 6.45) is 0. The number of fused-ring (bicyclic) bond motifs is 1. The molecule has 1 N–H and O–H groups in total. The van der Waals surface area contributed by atoms with E-state index in [0.29, 0.717) is 0 Å². The van der Waals surface area contributed by atoms with E-state index >= 15 is 0 Å². The lowest BCUT2D eigenvalue weighted by atomic mass is 10.2. The predicted octanol–water partition coefficient (Wildman–Crippen LogP) is 1.89. The lowest BCUT2D eigenvalue weighted by Gasteiger charge is -2.27. The highest BCUT2D eigenvalue weighted by Gasteiger charge is 2.10. The van der Waals surface area contributed by atoms with Gasteiger partial charge in [0.2, 0.25) is 0 Å². The molecule has 2 heterocycles. The molecule has 0 saturated carbocycles. The molecule has 2 aromatic rings. The van der Waals surface area contributed by atoms with E-state index in [1.807, 2.05) is 24.3 Å². The summed E-state index contributed by atoms with van der Waals surface area (Å²) in [4.78, 5) is 4.58. The van der Waals surface area contributed by atoms with Crippen molar-refractivity contribution in [3.63, 3.8) is 0 Å². The summed E-state index contributed by atoms with van der Waals surface area (Å²) in [5, 5.41) is 3.31. The van der Waals surface area contributed by atoms with Gasteiger partial charge in [0.1, 0.15) is 5.82 Å². The van der Waals surface area contributed by atoms with Gasteiger partial charge in [0.25, 0.3) is 0 Å². The molecule has 0 amide bonds. The Labute approximate surface area is 100 Å². The molecule has 88 valence electrons. The van der Waals surface area contributed by atoms with E-state index in [1.54, 1.807) is 0 Å². The van der Waals surface area contributed by atoms with Crippen LogP contribution in [0.2, 0.25) is 0 Å². The number of hydrazine groups is 1. The Kier molecular flexibility index (Phi) is 2.90. The molecule has 1 saturated heterocycles. The lowest BCUT2D eigenvalue weighted by Crippen LogP contribution is -2.40. The molecule has 0 spiro atoms. The number of hydrogen-bond acceptors (Lipinski definition) is 4. The quantitative estimate of drug-likeness (QED) is 0.853. The van der Waals surface area contributed by atoms with Gasteiger partial charge in [-0.25, -0.2) is 9.99 Å². The van der Waals surface area contributed by atoms with Crippen molar-refractivity contribution >= 4 is 16.7 Å². The molecule has 17 heavy (non-hydrogen) atoms. The zero-order valence-electron chi connectivity index (χ0n) is 9.60. The standard InChI is InChI=1S/C13H15N3O/c1-2-4-12-11(3-1)5-6-13(14-12)15-16-7-9-17-10-8-16/h1-6H,7-10H2,(H,14,15). The van der Waals surface area contributed by atoms with Crippen molar-refractivity contribution in [1.29, 1.82) is 0 Å². The van der Waals surface area contributed by atoms with E-state index < -0.39 is 0 Å². The summed E-state index contributed by atoms with van der Waals surface area (Å²) in [7, 11) is 0. The van der Waals surface area contributed by atoms with Crippen LogP contribution in [0.5, 0.6) is 0 Å². The zero-order chi connectivity index (χ0) is 11.5. The van der Waals surface area contributed by atoms with Crippen LogP contribution in [0, 0.1) is 0 Å². The van der Waals surface area contributed by atoms with Crippen molar-refractivity contribution in [1.82, 2.24) is 9.99 Å². The van der Waals surface area contributed by atoms with Gasteiger partial charge in [-0.1, -0.05) is 18.2 Å². The van der Waals surface area contributed by atoms with Crippen LogP contribution in [-0.2, 0) is 4.74 Å². The minimum Gasteiger partial charge on any atom is -0.379 e. The van der Waals surface area contributed by atoms with Crippen LogP contribution >= 0.6 is 0 Å². The van der Waals surface area contributed by atoms with Crippen LogP contribution in [0.15, 0.2) is 36.4 Å². The topological polar surface area (TPSA) is 37.4 Å². The van der Waals surface area contributed by atoms with Crippen molar-refractivity contribution in [2.24, 2.45) is 0 Å². The normalized spacial score (nSPS) is 17.2. The third-order valence-corrected chi connectivity index (χ3v) is 2.88. The van der Waals surface area contributed by atoms with Crippen molar-refractivity contribution in [3.8, 4) is 0 Å². The summed E-state index contributed by atoms with van der Waals surface area (Å²) in [5.41, 5.74) is 4.33. The van der Waals surface area contributed by atoms with Gasteiger partial charge >= 0.3 is 0 Å². The predicted molar refractivity (Wildman–Crippen MR) is 67.8 cm³/mol. The van der Waals surface area contributed by atoms with Gasteiger partial charge in [0.15, 0.2) is 0 Å². The van der Waals surface area contributed by atoms with Gasteiger partial charge in [0.05, 0.1) is 18.7 Å². The fraction of sp³-hybridized carbons (Fsp3) is 0.308. The second-order valence-corrected chi connectivity index (χ2v) is 4.10. The Morgan fingerprint density at radius 1 is 1.06 bits per heavy atom. The minimum absolute atomic E-state index is 0.778. The number of para-hydroxylation sites is 1. The molecule has 0 atom stereocenters. The zero-order valence-corrected chi connectivity index (χ0v) is 9.60. The van der Waals surface area contributed by atoms with Crippen LogP contribution in [0.4, 0.5) is 5.82 Å². The Morgan fingerprint density at radius 2 is 1.88 bits per heavy atom. The Morgan fingerprint density at radius 3 is 2.76 bits per heavy atom. The molecule has 0 radical (unpaired) electrons. The van der Waals surface area contributed by atoms with Gasteiger partial charge in [-0.15, -0.1) is 0 Å². The summed E-state index contributed by atoms with van der Waals surface area (Å²) in [6.45, 7) is 3.35. The van der Waals surface area contributed by atoms with Gasteiger partial charge in [-0.3, -0.25) is 0 Å². The molecule has 1 aliphatic rings. The van der Waals surface area contributed by atoms with E-state index in [4.69, 9.17) is 4.74 Å². The number of morpholine rings is 1. The average molecular weight is 229 g/mol. The van der Waals surface area contributed by atoms with E-state index in [1.165, 1.54) is 5.39 Å². The van der Waals surface area contributed by atoms with Crippen molar-refractivity contribution < 1.29 is 4.74 Å². The minimum atomic E-state index is 0.778. The second kappa shape index (κ2) is 4.69. The number of nitrogens with zero attached hydrogens (tertiary/aromatic N) is 2. The van der Waals surface area contributed by atoms with Crippen molar-refractivity contribution in [2.45, 2.75) is 0 Å². The first-order chi connectivity index (χ1) is 8.42. The highest BCUT2D eigenvalue weighted by Crippen LogP contribution is 2.15. The molecule has 0 aliphatic carbocycles. The van der Waals surface area contributed by atoms with Crippen LogP contribution in [0.1, 0.15) is 0 Å². The van der Waals surface area contributed by atoms with Crippen LogP contribution in [-0.4, -0.2) is 36.3 Å². The van der Waals surface area contributed by atoms with Gasteiger partial charge in [-0.05, 0) is 18.2 Å². The largest absolute Gasteiger partial charge is 0.379 e. The van der Waals surface area contributed by atoms with E-state index in [-0.39, 0.29) is 0 Å². The van der Waals surface area contributed by atoms with Gasteiger partial charge in [0, 0.05) is 18.5 Å². The lowest BCUT2D eigenvalue weighted by molar-refractivity contribution is 0.0495. The molecular weight excluding hydrogens is 214 g/mol. The molecule has 3 rings (SSSR count). The maximum Gasteiger partial charge on any atom is 0.141 e. The summed E-state index contributed by atoms with van der Waals surface area (Å²) >= 11 is 0. The summed E-state index contributed by atoms with van der Waals surface area (Å²) in [6, 6.07) is 12.2. The SMILES string of the molecule is c1ccc2nc(NN3CCOCC3)ccc2c1.